The van der Waals surface area contributed by atoms with E-state index < -0.39 is 12.0 Å². The number of halogens is 1. The van der Waals surface area contributed by atoms with E-state index >= 15 is 0 Å². The quantitative estimate of drug-likeness (QED) is 0.460. The lowest BCUT2D eigenvalue weighted by Gasteiger charge is -2.24. The van der Waals surface area contributed by atoms with Crippen LogP contribution in [0.25, 0.3) is 0 Å². The Balaban J connectivity index is 2.39. The number of carboxylic acid groups (broad SMARTS) is 1. The fraction of sp³-hybridized carbons (Fsp3) is 0.800. The van der Waals surface area contributed by atoms with Gasteiger partial charge in [0.1, 0.15) is 6.04 Å². The van der Waals surface area contributed by atoms with Crippen LogP contribution in [-0.2, 0) is 4.79 Å². The highest BCUT2D eigenvalue weighted by atomic mass is 35.5. The maximum atomic E-state index is 10.3. The third-order valence-electron chi connectivity index (χ3n) is 1.39. The van der Waals surface area contributed by atoms with Crippen LogP contribution in [0.5, 0.6) is 0 Å². The Kier molecular flexibility index (Phi) is 2.48. The normalized spacial score (nSPS) is 33.7. The molecule has 1 fully saturated rings. The number of hydrogen-bond donors (Lipinski definition) is 3. The molecular weight excluding hydrogens is 156 g/mol. The van der Waals surface area contributed by atoms with Crippen molar-refractivity contribution in [2.45, 2.75) is 17.8 Å². The molecule has 1 saturated heterocycles. The number of rotatable bonds is 1. The zero-order valence-corrected chi connectivity index (χ0v) is 6.06. The summed E-state index contributed by atoms with van der Waals surface area (Å²) in [6.45, 7) is 0.616. The smallest absolute Gasteiger partial charge is 0.322 e. The minimum atomic E-state index is -0.863. The number of hydrogen-bond acceptors (Lipinski definition) is 3. The molecule has 1 aliphatic heterocycles. The molecular formula is C5H9ClN2O2. The van der Waals surface area contributed by atoms with Gasteiger partial charge in [0, 0.05) is 11.9 Å². The molecule has 0 aromatic heterocycles. The van der Waals surface area contributed by atoms with Crippen LogP contribution < -0.4 is 10.9 Å². The molecule has 1 rings (SSSR count). The molecule has 0 unspecified atom stereocenters. The van der Waals surface area contributed by atoms with Crippen molar-refractivity contribution in [3.63, 3.8) is 0 Å². The standard InChI is InChI=1S/C5H9ClN2O2/c6-3-1-4(5(9)10)8-7-2-3/h3-4,7-8H,1-2H2,(H,9,10)/t3-,4+/m1/s1. The average Bonchev–Trinajstić information content (AvgIpc) is 1.88. The summed E-state index contributed by atoms with van der Waals surface area (Å²) in [5.74, 6) is -0.863. The van der Waals surface area contributed by atoms with Crippen molar-refractivity contribution in [1.29, 1.82) is 0 Å². The lowest BCUT2D eigenvalue weighted by Crippen LogP contribution is -2.53. The molecule has 0 saturated carbocycles. The average molecular weight is 165 g/mol. The first-order valence-electron chi connectivity index (χ1n) is 3.05. The van der Waals surface area contributed by atoms with E-state index in [2.05, 4.69) is 10.9 Å². The van der Waals surface area contributed by atoms with Gasteiger partial charge in [-0.25, -0.2) is 5.43 Å². The first kappa shape index (κ1) is 7.78. The van der Waals surface area contributed by atoms with E-state index in [1.807, 2.05) is 0 Å². The van der Waals surface area contributed by atoms with Crippen molar-refractivity contribution in [2.75, 3.05) is 6.54 Å². The number of hydrazine groups is 1. The zero-order valence-electron chi connectivity index (χ0n) is 5.30. The predicted octanol–water partition coefficient (Wildman–Crippen LogP) is -0.455. The molecule has 0 spiro atoms. The number of nitrogens with one attached hydrogen (secondary N) is 2. The summed E-state index contributed by atoms with van der Waals surface area (Å²) in [5.41, 5.74) is 5.32. The number of carbonyl (C=O) groups is 1. The number of carboxylic acids is 1. The molecule has 0 aromatic carbocycles. The van der Waals surface area contributed by atoms with Gasteiger partial charge in [-0.05, 0) is 6.42 Å². The van der Waals surface area contributed by atoms with Crippen LogP contribution in [-0.4, -0.2) is 29.0 Å². The summed E-state index contributed by atoms with van der Waals surface area (Å²) in [6.07, 6.45) is 0.476. The summed E-state index contributed by atoms with van der Waals surface area (Å²) < 4.78 is 0. The molecule has 0 aromatic rings. The predicted molar refractivity (Wildman–Crippen MR) is 36.8 cm³/mol. The van der Waals surface area contributed by atoms with Crippen LogP contribution in [0, 0.1) is 0 Å². The van der Waals surface area contributed by atoms with Crippen molar-refractivity contribution in [3.8, 4) is 0 Å². The van der Waals surface area contributed by atoms with Crippen LogP contribution in [0.3, 0.4) is 0 Å². The first-order chi connectivity index (χ1) is 4.70. The van der Waals surface area contributed by atoms with Gasteiger partial charge in [-0.2, -0.15) is 0 Å². The van der Waals surface area contributed by atoms with Crippen LogP contribution in [0.4, 0.5) is 0 Å². The molecule has 0 bridgehead atoms. The highest BCUT2D eigenvalue weighted by Crippen LogP contribution is 2.07. The summed E-state index contributed by atoms with van der Waals surface area (Å²) in [6, 6.07) is -0.545. The fourth-order valence-corrected chi connectivity index (χ4v) is 1.11. The van der Waals surface area contributed by atoms with Crippen molar-refractivity contribution in [2.24, 2.45) is 0 Å². The third kappa shape index (κ3) is 1.83. The highest BCUT2D eigenvalue weighted by Gasteiger charge is 2.24. The van der Waals surface area contributed by atoms with Gasteiger partial charge in [0.25, 0.3) is 0 Å². The van der Waals surface area contributed by atoms with Gasteiger partial charge in [-0.1, -0.05) is 0 Å². The molecule has 2 atom stereocenters. The lowest BCUT2D eigenvalue weighted by molar-refractivity contribution is -0.140. The Hall–Kier alpha value is -0.320. The van der Waals surface area contributed by atoms with E-state index in [1.165, 1.54) is 0 Å². The zero-order chi connectivity index (χ0) is 7.56. The van der Waals surface area contributed by atoms with Crippen LogP contribution in [0.2, 0.25) is 0 Å². The number of alkyl halides is 1. The number of aliphatic carboxylic acids is 1. The Bertz CT molecular complexity index is 142. The molecule has 0 radical (unpaired) electrons. The van der Waals surface area contributed by atoms with Gasteiger partial charge in [-0.3, -0.25) is 10.2 Å². The molecule has 0 aliphatic carbocycles. The van der Waals surface area contributed by atoms with E-state index in [4.69, 9.17) is 16.7 Å². The molecule has 0 amide bonds. The van der Waals surface area contributed by atoms with Crippen molar-refractivity contribution in [1.82, 2.24) is 10.9 Å². The molecule has 58 valence electrons. The van der Waals surface area contributed by atoms with Crippen molar-refractivity contribution in [3.05, 3.63) is 0 Å². The van der Waals surface area contributed by atoms with Crippen molar-refractivity contribution < 1.29 is 9.90 Å². The van der Waals surface area contributed by atoms with E-state index in [1.54, 1.807) is 0 Å². The summed E-state index contributed by atoms with van der Waals surface area (Å²) in [4.78, 5) is 10.3. The van der Waals surface area contributed by atoms with E-state index in [9.17, 15) is 4.79 Å². The molecule has 4 nitrogen and oxygen atoms in total. The third-order valence-corrected chi connectivity index (χ3v) is 1.72. The van der Waals surface area contributed by atoms with Gasteiger partial charge >= 0.3 is 5.97 Å². The molecule has 1 aliphatic rings. The topological polar surface area (TPSA) is 61.4 Å². The molecule has 5 heteroatoms. The minimum absolute atomic E-state index is 0.0812. The van der Waals surface area contributed by atoms with Gasteiger partial charge in [0.2, 0.25) is 0 Å². The summed E-state index contributed by atoms with van der Waals surface area (Å²) >= 11 is 5.69. The van der Waals surface area contributed by atoms with Gasteiger partial charge in [-0.15, -0.1) is 11.6 Å². The van der Waals surface area contributed by atoms with E-state index in [0.29, 0.717) is 13.0 Å². The Morgan fingerprint density at radius 1 is 1.70 bits per heavy atom. The summed E-state index contributed by atoms with van der Waals surface area (Å²) in [5, 5.41) is 8.41. The Morgan fingerprint density at radius 2 is 2.40 bits per heavy atom. The van der Waals surface area contributed by atoms with Crippen LogP contribution in [0.1, 0.15) is 6.42 Å². The van der Waals surface area contributed by atoms with Gasteiger partial charge in [0.05, 0.1) is 0 Å². The highest BCUT2D eigenvalue weighted by molar-refractivity contribution is 6.21. The summed E-state index contributed by atoms with van der Waals surface area (Å²) in [7, 11) is 0. The Morgan fingerprint density at radius 3 is 2.80 bits per heavy atom. The second kappa shape index (κ2) is 3.18. The maximum Gasteiger partial charge on any atom is 0.322 e. The first-order valence-corrected chi connectivity index (χ1v) is 3.49. The molecule has 1 heterocycles. The van der Waals surface area contributed by atoms with E-state index in [0.717, 1.165) is 0 Å². The minimum Gasteiger partial charge on any atom is -0.480 e. The van der Waals surface area contributed by atoms with Gasteiger partial charge < -0.3 is 5.11 Å². The largest absolute Gasteiger partial charge is 0.480 e. The monoisotopic (exact) mass is 164 g/mol. The van der Waals surface area contributed by atoms with E-state index in [-0.39, 0.29) is 5.38 Å². The van der Waals surface area contributed by atoms with Crippen LogP contribution in [0.15, 0.2) is 0 Å². The van der Waals surface area contributed by atoms with Crippen molar-refractivity contribution >= 4 is 17.6 Å². The SMILES string of the molecule is O=C(O)[C@@H]1C[C@@H](Cl)CNN1. The lowest BCUT2D eigenvalue weighted by atomic mass is 10.1. The second-order valence-electron chi connectivity index (χ2n) is 2.25. The molecule has 3 N–H and O–H groups in total. The molecule has 10 heavy (non-hydrogen) atoms. The second-order valence-corrected chi connectivity index (χ2v) is 2.87. The van der Waals surface area contributed by atoms with Crippen LogP contribution >= 0.6 is 11.6 Å². The maximum absolute atomic E-state index is 10.3. The fourth-order valence-electron chi connectivity index (χ4n) is 0.853. The van der Waals surface area contributed by atoms with Gasteiger partial charge in [0.15, 0.2) is 0 Å². The Labute approximate surface area is 63.5 Å².